The van der Waals surface area contributed by atoms with E-state index in [1.165, 1.54) is 6.42 Å². The molecule has 1 heterocycles. The standard InChI is InChI=1S/C31H31NO3/c1-2-21-17-22(20-26(18-21)31(33)34)19-25-15-9-10-16-27(25)30-32-28(23-11-5-3-6-12-23)29(35-30)24-13-7-4-8-14-24/h3-8,11-14,17-18,20,25,27H,2,9-10,15-16,19H2,1H3,(H,33,34). The van der Waals surface area contributed by atoms with E-state index in [9.17, 15) is 9.90 Å². The van der Waals surface area contributed by atoms with Gasteiger partial charge in [-0.2, -0.15) is 0 Å². The van der Waals surface area contributed by atoms with E-state index in [4.69, 9.17) is 9.40 Å². The lowest BCUT2D eigenvalue weighted by Crippen LogP contribution is -2.20. The van der Waals surface area contributed by atoms with E-state index >= 15 is 0 Å². The van der Waals surface area contributed by atoms with Gasteiger partial charge in [0, 0.05) is 17.0 Å². The van der Waals surface area contributed by atoms with E-state index in [0.29, 0.717) is 11.5 Å². The number of oxazole rings is 1. The van der Waals surface area contributed by atoms with E-state index < -0.39 is 5.97 Å². The van der Waals surface area contributed by atoms with Gasteiger partial charge in [0.05, 0.1) is 5.56 Å². The topological polar surface area (TPSA) is 63.3 Å². The van der Waals surface area contributed by atoms with Crippen LogP contribution < -0.4 is 0 Å². The molecule has 1 aromatic heterocycles. The Morgan fingerprint density at radius 1 is 0.914 bits per heavy atom. The van der Waals surface area contributed by atoms with E-state index in [1.807, 2.05) is 42.5 Å². The van der Waals surface area contributed by atoms with Gasteiger partial charge in [-0.3, -0.25) is 0 Å². The monoisotopic (exact) mass is 465 g/mol. The molecule has 35 heavy (non-hydrogen) atoms. The minimum Gasteiger partial charge on any atom is -0.478 e. The van der Waals surface area contributed by atoms with Crippen LogP contribution in [0.3, 0.4) is 0 Å². The second kappa shape index (κ2) is 10.3. The molecule has 1 fully saturated rings. The average molecular weight is 466 g/mol. The van der Waals surface area contributed by atoms with E-state index in [1.54, 1.807) is 6.07 Å². The van der Waals surface area contributed by atoms with Gasteiger partial charge in [0.2, 0.25) is 0 Å². The molecule has 1 saturated carbocycles. The number of nitrogens with zero attached hydrogens (tertiary/aromatic N) is 1. The molecular weight excluding hydrogens is 434 g/mol. The van der Waals surface area contributed by atoms with Gasteiger partial charge in [-0.25, -0.2) is 9.78 Å². The van der Waals surface area contributed by atoms with Crippen molar-refractivity contribution in [2.75, 3.05) is 0 Å². The number of hydrogen-bond acceptors (Lipinski definition) is 3. The largest absolute Gasteiger partial charge is 0.478 e. The molecule has 4 nitrogen and oxygen atoms in total. The molecular formula is C31H31NO3. The molecule has 5 rings (SSSR count). The summed E-state index contributed by atoms with van der Waals surface area (Å²) in [4.78, 5) is 16.8. The van der Waals surface area contributed by atoms with E-state index in [0.717, 1.165) is 71.7 Å². The van der Waals surface area contributed by atoms with E-state index in [2.05, 4.69) is 37.3 Å². The summed E-state index contributed by atoms with van der Waals surface area (Å²) in [7, 11) is 0. The Balaban J connectivity index is 1.52. The zero-order valence-corrected chi connectivity index (χ0v) is 20.1. The molecule has 0 spiro atoms. The molecule has 2 atom stereocenters. The van der Waals surface area contributed by atoms with Crippen LogP contribution in [0.15, 0.2) is 83.3 Å². The lowest BCUT2D eigenvalue weighted by molar-refractivity contribution is 0.0696. The van der Waals surface area contributed by atoms with Crippen molar-refractivity contribution in [3.63, 3.8) is 0 Å². The first kappa shape index (κ1) is 23.1. The Labute approximate surface area is 206 Å². The third-order valence-corrected chi connectivity index (χ3v) is 7.16. The van der Waals surface area contributed by atoms with Gasteiger partial charge in [0.25, 0.3) is 0 Å². The van der Waals surface area contributed by atoms with Crippen LogP contribution in [0.2, 0.25) is 0 Å². The maximum atomic E-state index is 11.7. The molecule has 1 N–H and O–H groups in total. The van der Waals surface area contributed by atoms with Crippen molar-refractivity contribution in [3.05, 3.63) is 101 Å². The van der Waals surface area contributed by atoms with Crippen molar-refractivity contribution in [2.24, 2.45) is 5.92 Å². The highest BCUT2D eigenvalue weighted by molar-refractivity contribution is 5.88. The molecule has 178 valence electrons. The fourth-order valence-corrected chi connectivity index (χ4v) is 5.36. The second-order valence-electron chi connectivity index (χ2n) is 9.51. The van der Waals surface area contributed by atoms with Crippen LogP contribution >= 0.6 is 0 Å². The average Bonchev–Trinajstić information content (AvgIpc) is 3.35. The van der Waals surface area contributed by atoms with Crippen LogP contribution in [0.25, 0.3) is 22.6 Å². The number of aromatic carboxylic acids is 1. The van der Waals surface area contributed by atoms with Crippen LogP contribution in [0, 0.1) is 5.92 Å². The Bertz CT molecular complexity index is 1240. The Kier molecular flexibility index (Phi) is 6.80. The maximum absolute atomic E-state index is 11.7. The maximum Gasteiger partial charge on any atom is 0.335 e. The molecule has 1 aliphatic rings. The quantitative estimate of drug-likeness (QED) is 0.303. The highest BCUT2D eigenvalue weighted by Crippen LogP contribution is 2.43. The number of benzene rings is 3. The van der Waals surface area contributed by atoms with Gasteiger partial charge in [-0.15, -0.1) is 0 Å². The minimum absolute atomic E-state index is 0.210. The zero-order valence-electron chi connectivity index (χ0n) is 20.1. The Morgan fingerprint density at radius 3 is 2.26 bits per heavy atom. The van der Waals surface area contributed by atoms with Gasteiger partial charge in [-0.05, 0) is 54.9 Å². The molecule has 4 aromatic rings. The van der Waals surface area contributed by atoms with Crippen molar-refractivity contribution >= 4 is 5.97 Å². The fraction of sp³-hybridized carbons (Fsp3) is 0.290. The fourth-order valence-electron chi connectivity index (χ4n) is 5.36. The van der Waals surface area contributed by atoms with Crippen LogP contribution in [0.4, 0.5) is 0 Å². The van der Waals surface area contributed by atoms with Gasteiger partial charge in [-0.1, -0.05) is 86.5 Å². The first-order valence-corrected chi connectivity index (χ1v) is 12.6. The molecule has 4 heteroatoms. The third kappa shape index (κ3) is 5.07. The number of aryl methyl sites for hydroxylation is 1. The highest BCUT2D eigenvalue weighted by Gasteiger charge is 2.32. The molecule has 0 radical (unpaired) electrons. The van der Waals surface area contributed by atoms with Crippen molar-refractivity contribution in [1.82, 2.24) is 4.98 Å². The minimum atomic E-state index is -0.866. The van der Waals surface area contributed by atoms with Crippen molar-refractivity contribution in [2.45, 2.75) is 51.4 Å². The number of aromatic nitrogens is 1. The first-order valence-electron chi connectivity index (χ1n) is 12.6. The van der Waals surface area contributed by atoms with Crippen molar-refractivity contribution in [1.29, 1.82) is 0 Å². The first-order chi connectivity index (χ1) is 17.1. The van der Waals surface area contributed by atoms with Gasteiger partial charge < -0.3 is 9.52 Å². The zero-order chi connectivity index (χ0) is 24.2. The molecule has 2 unspecified atom stereocenters. The van der Waals surface area contributed by atoms with Gasteiger partial charge in [0.15, 0.2) is 11.7 Å². The molecule has 0 amide bonds. The van der Waals surface area contributed by atoms with Crippen LogP contribution in [0.1, 0.15) is 65.9 Å². The summed E-state index contributed by atoms with van der Waals surface area (Å²) in [5.74, 6) is 1.33. The normalized spacial score (nSPS) is 17.9. The van der Waals surface area contributed by atoms with Crippen molar-refractivity contribution in [3.8, 4) is 22.6 Å². The number of rotatable bonds is 7. The smallest absolute Gasteiger partial charge is 0.335 e. The van der Waals surface area contributed by atoms with Crippen LogP contribution in [-0.2, 0) is 12.8 Å². The van der Waals surface area contributed by atoms with Gasteiger partial charge >= 0.3 is 5.97 Å². The summed E-state index contributed by atoms with van der Waals surface area (Å²) in [6.07, 6.45) is 6.11. The molecule has 0 saturated heterocycles. The van der Waals surface area contributed by atoms with Crippen molar-refractivity contribution < 1.29 is 14.3 Å². The highest BCUT2D eigenvalue weighted by atomic mass is 16.4. The number of carboxylic acids is 1. The summed E-state index contributed by atoms with van der Waals surface area (Å²) < 4.78 is 6.56. The lowest BCUT2D eigenvalue weighted by Gasteiger charge is -2.29. The van der Waals surface area contributed by atoms with Crippen LogP contribution in [0.5, 0.6) is 0 Å². The molecule has 0 aliphatic heterocycles. The predicted molar refractivity (Wildman–Crippen MR) is 139 cm³/mol. The second-order valence-corrected chi connectivity index (χ2v) is 9.51. The molecule has 0 bridgehead atoms. The summed E-state index contributed by atoms with van der Waals surface area (Å²) in [6.45, 7) is 2.07. The predicted octanol–water partition coefficient (Wildman–Crippen LogP) is 7.79. The lowest BCUT2D eigenvalue weighted by atomic mass is 9.76. The van der Waals surface area contributed by atoms with E-state index in [-0.39, 0.29) is 5.92 Å². The number of carboxylic acid groups (broad SMARTS) is 1. The molecule has 3 aromatic carbocycles. The SMILES string of the molecule is CCc1cc(CC2CCCCC2c2nc(-c3ccccc3)c(-c3ccccc3)o2)cc(C(=O)O)c1. The van der Waals surface area contributed by atoms with Gasteiger partial charge in [0.1, 0.15) is 5.69 Å². The number of hydrogen-bond donors (Lipinski definition) is 1. The molecule has 1 aliphatic carbocycles. The Hall–Kier alpha value is -3.66. The summed E-state index contributed by atoms with van der Waals surface area (Å²) in [5, 5.41) is 9.59. The summed E-state index contributed by atoms with van der Waals surface area (Å²) in [5.41, 5.74) is 5.50. The Morgan fingerprint density at radius 2 is 1.57 bits per heavy atom. The van der Waals surface area contributed by atoms with Crippen LogP contribution in [-0.4, -0.2) is 16.1 Å². The third-order valence-electron chi connectivity index (χ3n) is 7.16. The summed E-state index contributed by atoms with van der Waals surface area (Å²) in [6, 6.07) is 26.2. The summed E-state index contributed by atoms with van der Waals surface area (Å²) >= 11 is 0. The number of carbonyl (C=O) groups is 1.